The first-order valence-electron chi connectivity index (χ1n) is 7.61. The molecular formula is C17H23N5O. The summed E-state index contributed by atoms with van der Waals surface area (Å²) in [7, 11) is 5.94. The molecule has 23 heavy (non-hydrogen) atoms. The summed E-state index contributed by atoms with van der Waals surface area (Å²) in [5, 5.41) is 2.89. The first-order valence-corrected chi connectivity index (χ1v) is 7.61. The zero-order valence-electron chi connectivity index (χ0n) is 13.9. The van der Waals surface area contributed by atoms with Crippen LogP contribution in [-0.4, -0.2) is 55.0 Å². The molecule has 1 aromatic carbocycles. The van der Waals surface area contributed by atoms with Gasteiger partial charge in [0.15, 0.2) is 0 Å². The Bertz CT molecular complexity index is 630. The molecule has 1 amide bonds. The van der Waals surface area contributed by atoms with Crippen LogP contribution in [0, 0.1) is 0 Å². The lowest BCUT2D eigenvalue weighted by molar-refractivity contribution is 0.0947. The second-order valence-electron chi connectivity index (χ2n) is 5.57. The average molecular weight is 313 g/mol. The quantitative estimate of drug-likeness (QED) is 0.791. The highest BCUT2D eigenvalue weighted by Crippen LogP contribution is 2.20. The molecule has 1 aromatic heterocycles. The molecule has 2 rings (SSSR count). The Morgan fingerprint density at radius 2 is 1.87 bits per heavy atom. The number of aromatic nitrogens is 2. The molecule has 0 unspecified atom stereocenters. The summed E-state index contributed by atoms with van der Waals surface area (Å²) in [6, 6.07) is 11.6. The van der Waals surface area contributed by atoms with Crippen molar-refractivity contribution in [3.05, 3.63) is 48.4 Å². The Morgan fingerprint density at radius 3 is 2.57 bits per heavy atom. The summed E-state index contributed by atoms with van der Waals surface area (Å²) < 4.78 is 0. The summed E-state index contributed by atoms with van der Waals surface area (Å²) in [5.41, 5.74) is 1.38. The van der Waals surface area contributed by atoms with Crippen molar-refractivity contribution in [3.8, 4) is 0 Å². The van der Waals surface area contributed by atoms with E-state index >= 15 is 0 Å². The molecule has 0 saturated carbocycles. The Hall–Kier alpha value is -2.47. The molecule has 0 spiro atoms. The molecule has 0 fully saturated rings. The molecule has 1 N–H and O–H groups in total. The SMILES string of the molecule is CN(C)CCCNC(=O)c1cc(N(C)c2ccccc2)ncn1. The number of carbonyl (C=O) groups is 1. The molecule has 0 radical (unpaired) electrons. The Labute approximate surface area is 137 Å². The second-order valence-corrected chi connectivity index (χ2v) is 5.57. The van der Waals surface area contributed by atoms with Crippen molar-refractivity contribution in [2.24, 2.45) is 0 Å². The smallest absolute Gasteiger partial charge is 0.270 e. The van der Waals surface area contributed by atoms with Gasteiger partial charge in [-0.3, -0.25) is 4.79 Å². The van der Waals surface area contributed by atoms with Gasteiger partial charge in [0.2, 0.25) is 0 Å². The van der Waals surface area contributed by atoms with Crippen molar-refractivity contribution >= 4 is 17.4 Å². The first kappa shape index (κ1) is 16.9. The lowest BCUT2D eigenvalue weighted by Crippen LogP contribution is -2.28. The number of nitrogens with one attached hydrogen (secondary N) is 1. The fraction of sp³-hybridized carbons (Fsp3) is 0.353. The molecule has 0 bridgehead atoms. The third-order valence-electron chi connectivity index (χ3n) is 3.44. The molecule has 0 saturated heterocycles. The minimum atomic E-state index is -0.172. The molecule has 1 heterocycles. The standard InChI is InChI=1S/C17H23N5O/c1-21(2)11-7-10-18-17(23)15-12-16(20-13-19-15)22(3)14-8-5-4-6-9-14/h4-6,8-9,12-13H,7,10-11H2,1-3H3,(H,18,23). The number of para-hydroxylation sites is 1. The molecular weight excluding hydrogens is 290 g/mol. The molecule has 122 valence electrons. The lowest BCUT2D eigenvalue weighted by Gasteiger charge is -2.18. The maximum atomic E-state index is 12.2. The van der Waals surface area contributed by atoms with E-state index in [1.54, 1.807) is 6.07 Å². The molecule has 2 aromatic rings. The van der Waals surface area contributed by atoms with Gasteiger partial charge >= 0.3 is 0 Å². The molecule has 0 aliphatic carbocycles. The van der Waals surface area contributed by atoms with Gasteiger partial charge in [-0.2, -0.15) is 0 Å². The van der Waals surface area contributed by atoms with E-state index in [-0.39, 0.29) is 5.91 Å². The normalized spacial score (nSPS) is 10.6. The predicted octanol–water partition coefficient (Wildman–Crippen LogP) is 1.93. The number of hydrogen-bond acceptors (Lipinski definition) is 5. The van der Waals surface area contributed by atoms with E-state index in [0.29, 0.717) is 18.1 Å². The summed E-state index contributed by atoms with van der Waals surface area (Å²) in [6.07, 6.45) is 2.32. The van der Waals surface area contributed by atoms with Gasteiger partial charge in [-0.15, -0.1) is 0 Å². The Morgan fingerprint density at radius 1 is 1.13 bits per heavy atom. The van der Waals surface area contributed by atoms with Gasteiger partial charge in [-0.1, -0.05) is 18.2 Å². The Balaban J connectivity index is 2.00. The fourth-order valence-corrected chi connectivity index (χ4v) is 2.13. The number of nitrogens with zero attached hydrogens (tertiary/aromatic N) is 4. The highest BCUT2D eigenvalue weighted by molar-refractivity contribution is 5.93. The Kier molecular flexibility index (Phi) is 6.05. The van der Waals surface area contributed by atoms with Crippen molar-refractivity contribution in [3.63, 3.8) is 0 Å². The van der Waals surface area contributed by atoms with Crippen molar-refractivity contribution < 1.29 is 4.79 Å². The van der Waals surface area contributed by atoms with Gasteiger partial charge in [0, 0.05) is 25.3 Å². The molecule has 0 aliphatic rings. The van der Waals surface area contributed by atoms with Gasteiger partial charge in [0.05, 0.1) is 0 Å². The number of amides is 1. The van der Waals surface area contributed by atoms with Crippen molar-refractivity contribution in [1.29, 1.82) is 0 Å². The van der Waals surface area contributed by atoms with Gasteiger partial charge in [0.1, 0.15) is 17.8 Å². The van der Waals surface area contributed by atoms with E-state index in [1.165, 1.54) is 6.33 Å². The highest BCUT2D eigenvalue weighted by atomic mass is 16.1. The number of anilines is 2. The molecule has 0 aliphatic heterocycles. The molecule has 6 nitrogen and oxygen atoms in total. The van der Waals surface area contributed by atoms with Crippen LogP contribution in [0.4, 0.5) is 11.5 Å². The van der Waals surface area contributed by atoms with E-state index in [1.807, 2.05) is 56.4 Å². The van der Waals surface area contributed by atoms with Crippen molar-refractivity contribution in [2.75, 3.05) is 39.1 Å². The van der Waals surface area contributed by atoms with E-state index in [4.69, 9.17) is 0 Å². The van der Waals surface area contributed by atoms with Gasteiger partial charge in [-0.25, -0.2) is 9.97 Å². The van der Waals surface area contributed by atoms with Gasteiger partial charge < -0.3 is 15.1 Å². The summed E-state index contributed by atoms with van der Waals surface area (Å²) in [4.78, 5) is 24.5. The average Bonchev–Trinajstić information content (AvgIpc) is 2.58. The van der Waals surface area contributed by atoms with Crippen LogP contribution in [0.1, 0.15) is 16.9 Å². The second kappa shape index (κ2) is 8.24. The largest absolute Gasteiger partial charge is 0.351 e. The minimum absolute atomic E-state index is 0.172. The summed E-state index contributed by atoms with van der Waals surface area (Å²) in [6.45, 7) is 1.57. The predicted molar refractivity (Wildman–Crippen MR) is 92.0 cm³/mol. The van der Waals surface area contributed by atoms with Crippen molar-refractivity contribution in [1.82, 2.24) is 20.2 Å². The van der Waals surface area contributed by atoms with E-state index in [0.717, 1.165) is 18.7 Å². The van der Waals surface area contributed by atoms with Crippen LogP contribution in [-0.2, 0) is 0 Å². The van der Waals surface area contributed by atoms with Crippen LogP contribution in [0.5, 0.6) is 0 Å². The van der Waals surface area contributed by atoms with Gasteiger partial charge in [-0.05, 0) is 39.2 Å². The molecule has 6 heteroatoms. The van der Waals surface area contributed by atoms with Crippen LogP contribution in [0.25, 0.3) is 0 Å². The van der Waals surface area contributed by atoms with Gasteiger partial charge in [0.25, 0.3) is 5.91 Å². The zero-order chi connectivity index (χ0) is 16.7. The maximum absolute atomic E-state index is 12.2. The highest BCUT2D eigenvalue weighted by Gasteiger charge is 2.11. The van der Waals surface area contributed by atoms with Crippen molar-refractivity contribution in [2.45, 2.75) is 6.42 Å². The summed E-state index contributed by atoms with van der Waals surface area (Å²) in [5.74, 6) is 0.513. The van der Waals surface area contributed by atoms with E-state index in [9.17, 15) is 4.79 Å². The number of hydrogen-bond donors (Lipinski definition) is 1. The van der Waals surface area contributed by atoms with Crippen LogP contribution in [0.15, 0.2) is 42.7 Å². The van der Waals surface area contributed by atoms with Crippen LogP contribution < -0.4 is 10.2 Å². The number of rotatable bonds is 7. The third-order valence-corrected chi connectivity index (χ3v) is 3.44. The lowest BCUT2D eigenvalue weighted by atomic mass is 10.3. The maximum Gasteiger partial charge on any atom is 0.270 e. The third kappa shape index (κ3) is 5.03. The van der Waals surface area contributed by atoms with Crippen LogP contribution in [0.2, 0.25) is 0 Å². The van der Waals surface area contributed by atoms with E-state index < -0.39 is 0 Å². The van der Waals surface area contributed by atoms with E-state index in [2.05, 4.69) is 20.2 Å². The zero-order valence-corrected chi connectivity index (χ0v) is 13.9. The fourth-order valence-electron chi connectivity index (χ4n) is 2.13. The number of benzene rings is 1. The van der Waals surface area contributed by atoms with Crippen LogP contribution in [0.3, 0.4) is 0 Å². The number of carbonyl (C=O) groups excluding carboxylic acids is 1. The van der Waals surface area contributed by atoms with Crippen LogP contribution >= 0.6 is 0 Å². The summed E-state index contributed by atoms with van der Waals surface area (Å²) >= 11 is 0. The topological polar surface area (TPSA) is 61.4 Å². The molecule has 0 atom stereocenters. The monoisotopic (exact) mass is 313 g/mol. The minimum Gasteiger partial charge on any atom is -0.351 e. The first-order chi connectivity index (χ1) is 11.1.